The summed E-state index contributed by atoms with van der Waals surface area (Å²) in [6.45, 7) is 4.09. The first-order chi connectivity index (χ1) is 12.5. The van der Waals surface area contributed by atoms with Crippen LogP contribution < -0.4 is 15.8 Å². The van der Waals surface area contributed by atoms with Crippen molar-refractivity contribution >= 4 is 17.4 Å². The van der Waals surface area contributed by atoms with Gasteiger partial charge in [0.15, 0.2) is 12.4 Å². The van der Waals surface area contributed by atoms with Crippen molar-refractivity contribution in [3.8, 4) is 5.75 Å². The van der Waals surface area contributed by atoms with Gasteiger partial charge in [-0.3, -0.25) is 4.79 Å². The van der Waals surface area contributed by atoms with E-state index in [1.807, 2.05) is 36.4 Å². The Morgan fingerprint density at radius 3 is 2.54 bits per heavy atom. The van der Waals surface area contributed by atoms with Gasteiger partial charge in [0, 0.05) is 5.69 Å². The van der Waals surface area contributed by atoms with Gasteiger partial charge in [-0.05, 0) is 42.2 Å². The van der Waals surface area contributed by atoms with Gasteiger partial charge in [0.25, 0.3) is 5.91 Å². The van der Waals surface area contributed by atoms with Gasteiger partial charge in [-0.2, -0.15) is 0 Å². The summed E-state index contributed by atoms with van der Waals surface area (Å²) < 4.78 is 5.21. The van der Waals surface area contributed by atoms with Gasteiger partial charge >= 0.3 is 0 Å². The molecular weight excluding hydrogens is 330 g/mol. The SMILES string of the molecule is CCC(C)c1ccc(NC(=O)CO/N=C(/N)c2ccccc2OC)cc1. The first kappa shape index (κ1) is 19.3. The first-order valence-corrected chi connectivity index (χ1v) is 8.53. The van der Waals surface area contributed by atoms with Crippen LogP contribution in [0.2, 0.25) is 0 Å². The Kier molecular flexibility index (Phi) is 7.02. The predicted molar refractivity (Wildman–Crippen MR) is 103 cm³/mol. The number of methoxy groups -OCH3 is 1. The molecular formula is C20H25N3O3. The van der Waals surface area contributed by atoms with Crippen LogP contribution in [0.5, 0.6) is 5.75 Å². The van der Waals surface area contributed by atoms with Crippen LogP contribution in [0.15, 0.2) is 53.7 Å². The van der Waals surface area contributed by atoms with E-state index < -0.39 is 0 Å². The van der Waals surface area contributed by atoms with E-state index in [9.17, 15) is 4.79 Å². The molecule has 1 amide bonds. The number of benzene rings is 2. The molecule has 0 spiro atoms. The lowest BCUT2D eigenvalue weighted by atomic mass is 9.99. The smallest absolute Gasteiger partial charge is 0.265 e. The molecule has 0 heterocycles. The maximum atomic E-state index is 12.0. The number of carbonyl (C=O) groups excluding carboxylic acids is 1. The van der Waals surface area contributed by atoms with Crippen LogP contribution in [-0.4, -0.2) is 25.5 Å². The van der Waals surface area contributed by atoms with Crippen LogP contribution in [0.25, 0.3) is 0 Å². The number of nitrogens with one attached hydrogen (secondary N) is 1. The minimum Gasteiger partial charge on any atom is -0.496 e. The highest BCUT2D eigenvalue weighted by Crippen LogP contribution is 2.20. The number of carbonyl (C=O) groups is 1. The van der Waals surface area contributed by atoms with Crippen molar-refractivity contribution in [1.29, 1.82) is 0 Å². The Morgan fingerprint density at radius 1 is 1.19 bits per heavy atom. The molecule has 3 N–H and O–H groups in total. The molecule has 0 bridgehead atoms. The standard InChI is InChI=1S/C20H25N3O3/c1-4-14(2)15-9-11-16(12-10-15)22-19(24)13-26-23-20(21)17-7-5-6-8-18(17)25-3/h5-12,14H,4,13H2,1-3H3,(H2,21,23)(H,22,24). The quantitative estimate of drug-likeness (QED) is 0.431. The molecule has 1 unspecified atom stereocenters. The van der Waals surface area contributed by atoms with Crippen molar-refractivity contribution in [3.05, 3.63) is 59.7 Å². The molecule has 2 aromatic rings. The van der Waals surface area contributed by atoms with Crippen LogP contribution in [0.3, 0.4) is 0 Å². The maximum Gasteiger partial charge on any atom is 0.265 e. The van der Waals surface area contributed by atoms with Crippen molar-refractivity contribution in [2.45, 2.75) is 26.2 Å². The number of nitrogens with zero attached hydrogens (tertiary/aromatic N) is 1. The second kappa shape index (κ2) is 9.46. The highest BCUT2D eigenvalue weighted by molar-refractivity contribution is 5.99. The van der Waals surface area contributed by atoms with Crippen LogP contribution >= 0.6 is 0 Å². The van der Waals surface area contributed by atoms with Crippen molar-refractivity contribution in [3.63, 3.8) is 0 Å². The minimum absolute atomic E-state index is 0.146. The summed E-state index contributed by atoms with van der Waals surface area (Å²) in [5.41, 5.74) is 8.45. The molecule has 0 aliphatic rings. The van der Waals surface area contributed by atoms with E-state index in [0.29, 0.717) is 22.9 Å². The predicted octanol–water partition coefficient (Wildman–Crippen LogP) is 3.48. The third-order valence-electron chi connectivity index (χ3n) is 4.12. The number of amides is 1. The summed E-state index contributed by atoms with van der Waals surface area (Å²) in [6, 6.07) is 15.0. The van der Waals surface area contributed by atoms with Crippen molar-refractivity contribution < 1.29 is 14.4 Å². The van der Waals surface area contributed by atoms with E-state index in [2.05, 4.69) is 24.3 Å². The van der Waals surface area contributed by atoms with Crippen molar-refractivity contribution in [2.75, 3.05) is 19.0 Å². The molecule has 2 aromatic carbocycles. The normalized spacial score (nSPS) is 12.3. The zero-order valence-electron chi connectivity index (χ0n) is 15.4. The first-order valence-electron chi connectivity index (χ1n) is 8.53. The number of hydrogen-bond acceptors (Lipinski definition) is 4. The number of ether oxygens (including phenoxy) is 1. The van der Waals surface area contributed by atoms with Crippen molar-refractivity contribution in [2.24, 2.45) is 10.9 Å². The molecule has 0 saturated carbocycles. The molecule has 26 heavy (non-hydrogen) atoms. The van der Waals surface area contributed by atoms with Gasteiger partial charge in [0.05, 0.1) is 12.7 Å². The van der Waals surface area contributed by atoms with E-state index in [4.69, 9.17) is 15.3 Å². The molecule has 1 atom stereocenters. The number of nitrogens with two attached hydrogens (primary N) is 1. The molecule has 138 valence electrons. The summed E-state index contributed by atoms with van der Waals surface area (Å²) in [4.78, 5) is 17.0. The number of anilines is 1. The van der Waals surface area contributed by atoms with E-state index >= 15 is 0 Å². The highest BCUT2D eigenvalue weighted by atomic mass is 16.6. The molecule has 0 aliphatic heterocycles. The molecule has 0 saturated heterocycles. The van der Waals surface area contributed by atoms with Crippen molar-refractivity contribution in [1.82, 2.24) is 0 Å². The monoisotopic (exact) mass is 355 g/mol. The second-order valence-corrected chi connectivity index (χ2v) is 5.93. The average Bonchev–Trinajstić information content (AvgIpc) is 2.67. The molecule has 0 radical (unpaired) electrons. The number of amidine groups is 1. The lowest BCUT2D eigenvalue weighted by Crippen LogP contribution is -2.19. The van der Waals surface area contributed by atoms with Crippen LogP contribution in [-0.2, 0) is 9.63 Å². The van der Waals surface area contributed by atoms with Crippen LogP contribution in [0.1, 0.15) is 37.3 Å². The summed E-state index contributed by atoms with van der Waals surface area (Å²) in [5, 5.41) is 6.55. The minimum atomic E-state index is -0.308. The fourth-order valence-corrected chi connectivity index (χ4v) is 2.39. The van der Waals surface area contributed by atoms with Gasteiger partial charge < -0.3 is 20.6 Å². The van der Waals surface area contributed by atoms with Gasteiger partial charge in [0.1, 0.15) is 5.75 Å². The number of rotatable bonds is 8. The number of hydrogen-bond donors (Lipinski definition) is 2. The number of para-hydroxylation sites is 1. The van der Waals surface area contributed by atoms with E-state index in [0.717, 1.165) is 6.42 Å². The van der Waals surface area contributed by atoms with Gasteiger partial charge in [-0.15, -0.1) is 0 Å². The molecule has 0 fully saturated rings. The third kappa shape index (κ3) is 5.24. The highest BCUT2D eigenvalue weighted by Gasteiger charge is 2.08. The Balaban J connectivity index is 1.88. The van der Waals surface area contributed by atoms with Gasteiger partial charge in [-0.25, -0.2) is 0 Å². The van der Waals surface area contributed by atoms with E-state index in [1.165, 1.54) is 5.56 Å². The van der Waals surface area contributed by atoms with Gasteiger partial charge in [-0.1, -0.05) is 43.3 Å². The van der Waals surface area contributed by atoms with E-state index in [1.54, 1.807) is 19.2 Å². The Hall–Kier alpha value is -3.02. The Labute approximate surface area is 154 Å². The summed E-state index contributed by atoms with van der Waals surface area (Å²) in [7, 11) is 1.55. The number of oxime groups is 1. The zero-order valence-corrected chi connectivity index (χ0v) is 15.4. The molecule has 6 nitrogen and oxygen atoms in total. The average molecular weight is 355 g/mol. The van der Waals surface area contributed by atoms with E-state index in [-0.39, 0.29) is 18.3 Å². The molecule has 6 heteroatoms. The lowest BCUT2D eigenvalue weighted by Gasteiger charge is -2.10. The maximum absolute atomic E-state index is 12.0. The molecule has 0 aliphatic carbocycles. The Bertz CT molecular complexity index is 757. The van der Waals surface area contributed by atoms with Crippen LogP contribution in [0.4, 0.5) is 5.69 Å². The Morgan fingerprint density at radius 2 is 1.88 bits per heavy atom. The fourth-order valence-electron chi connectivity index (χ4n) is 2.39. The summed E-state index contributed by atoms with van der Waals surface area (Å²) in [5.74, 6) is 0.921. The largest absolute Gasteiger partial charge is 0.496 e. The second-order valence-electron chi connectivity index (χ2n) is 5.93. The van der Waals surface area contributed by atoms with Crippen LogP contribution in [0, 0.1) is 0 Å². The van der Waals surface area contributed by atoms with Gasteiger partial charge in [0.2, 0.25) is 0 Å². The third-order valence-corrected chi connectivity index (χ3v) is 4.12. The summed E-state index contributed by atoms with van der Waals surface area (Å²) >= 11 is 0. The topological polar surface area (TPSA) is 85.9 Å². The molecule has 2 rings (SSSR count). The summed E-state index contributed by atoms with van der Waals surface area (Å²) in [6.07, 6.45) is 1.07. The lowest BCUT2D eigenvalue weighted by molar-refractivity contribution is -0.120. The fraction of sp³-hybridized carbons (Fsp3) is 0.300. The zero-order chi connectivity index (χ0) is 18.9. The molecule has 0 aromatic heterocycles.